The van der Waals surface area contributed by atoms with E-state index in [1.54, 1.807) is 18.2 Å². The predicted molar refractivity (Wildman–Crippen MR) is 110 cm³/mol. The van der Waals surface area contributed by atoms with Gasteiger partial charge < -0.3 is 14.8 Å². The summed E-state index contributed by atoms with van der Waals surface area (Å²) in [6.45, 7) is 0.000116. The fraction of sp³-hybridized carbons (Fsp3) is 0.0455. The van der Waals surface area contributed by atoms with E-state index in [0.29, 0.717) is 22.6 Å². The Morgan fingerprint density at radius 1 is 1.13 bits per heavy atom. The van der Waals surface area contributed by atoms with E-state index in [1.807, 2.05) is 0 Å². The number of furan rings is 1. The Balaban J connectivity index is 1.53. The summed E-state index contributed by atoms with van der Waals surface area (Å²) in [6.07, 6.45) is 1.39. The molecule has 2 heterocycles. The van der Waals surface area contributed by atoms with Crippen LogP contribution in [0.15, 0.2) is 64.7 Å². The lowest BCUT2D eigenvalue weighted by Crippen LogP contribution is -2.30. The van der Waals surface area contributed by atoms with Crippen LogP contribution in [0, 0.1) is 5.82 Å². The normalized spacial score (nSPS) is 14.9. The first kappa shape index (κ1) is 20.4. The second kappa shape index (κ2) is 8.08. The van der Waals surface area contributed by atoms with Crippen molar-refractivity contribution in [2.75, 3.05) is 0 Å². The Hall–Kier alpha value is -3.91. The van der Waals surface area contributed by atoms with Crippen molar-refractivity contribution in [2.45, 2.75) is 6.54 Å². The highest BCUT2D eigenvalue weighted by Crippen LogP contribution is 2.28. The quantitative estimate of drug-likeness (QED) is 0.448. The highest BCUT2D eigenvalue weighted by Gasteiger charge is 2.33. The number of benzene rings is 2. The average Bonchev–Trinajstić information content (AvgIpc) is 3.29. The van der Waals surface area contributed by atoms with Crippen molar-refractivity contribution >= 4 is 35.6 Å². The van der Waals surface area contributed by atoms with E-state index in [0.717, 1.165) is 4.90 Å². The van der Waals surface area contributed by atoms with Crippen molar-refractivity contribution in [1.29, 1.82) is 0 Å². The molecule has 0 radical (unpaired) electrons. The Morgan fingerprint density at radius 2 is 1.87 bits per heavy atom. The number of carbonyl (C=O) groups excluding carboxylic acids is 2. The molecular formula is C22H14ClFN2O5. The molecule has 156 valence electrons. The zero-order chi connectivity index (χ0) is 22.1. The van der Waals surface area contributed by atoms with Crippen molar-refractivity contribution in [3.8, 4) is 11.3 Å². The monoisotopic (exact) mass is 440 g/mol. The third-order valence-electron chi connectivity index (χ3n) is 4.61. The van der Waals surface area contributed by atoms with Crippen molar-refractivity contribution in [3.05, 3.63) is 88.0 Å². The van der Waals surface area contributed by atoms with Gasteiger partial charge in [-0.1, -0.05) is 29.8 Å². The Bertz CT molecular complexity index is 1230. The van der Waals surface area contributed by atoms with Gasteiger partial charge in [-0.2, -0.15) is 0 Å². The highest BCUT2D eigenvalue weighted by atomic mass is 35.5. The van der Waals surface area contributed by atoms with E-state index in [9.17, 15) is 18.8 Å². The lowest BCUT2D eigenvalue weighted by molar-refractivity contribution is -0.123. The van der Waals surface area contributed by atoms with Crippen LogP contribution in [0.2, 0.25) is 5.02 Å². The first-order chi connectivity index (χ1) is 14.8. The van der Waals surface area contributed by atoms with Crippen LogP contribution in [0.25, 0.3) is 17.4 Å². The van der Waals surface area contributed by atoms with E-state index < -0.39 is 23.7 Å². The van der Waals surface area contributed by atoms with Gasteiger partial charge in [-0.3, -0.25) is 9.69 Å². The Kier molecular flexibility index (Phi) is 5.31. The number of carboxylic acid groups (broad SMARTS) is 1. The summed E-state index contributed by atoms with van der Waals surface area (Å²) in [6, 6.07) is 12.5. The van der Waals surface area contributed by atoms with Gasteiger partial charge in [0.2, 0.25) is 0 Å². The molecule has 1 saturated heterocycles. The summed E-state index contributed by atoms with van der Waals surface area (Å²) >= 11 is 5.99. The van der Waals surface area contributed by atoms with E-state index in [1.165, 1.54) is 42.5 Å². The number of carboxylic acids is 1. The zero-order valence-electron chi connectivity index (χ0n) is 15.8. The smallest absolute Gasteiger partial charge is 0.337 e. The summed E-state index contributed by atoms with van der Waals surface area (Å²) < 4.78 is 18.7. The number of carbonyl (C=O) groups is 3. The number of hydrogen-bond acceptors (Lipinski definition) is 4. The molecule has 0 bridgehead atoms. The van der Waals surface area contributed by atoms with Crippen molar-refractivity contribution in [3.63, 3.8) is 0 Å². The van der Waals surface area contributed by atoms with Crippen molar-refractivity contribution in [2.24, 2.45) is 0 Å². The number of hydrogen-bond donors (Lipinski definition) is 2. The minimum Gasteiger partial charge on any atom is -0.478 e. The molecular weight excluding hydrogens is 427 g/mol. The van der Waals surface area contributed by atoms with Gasteiger partial charge in [0.05, 0.1) is 17.1 Å². The minimum absolute atomic E-state index is 0.000116. The molecule has 0 atom stereocenters. The summed E-state index contributed by atoms with van der Waals surface area (Å²) in [5.74, 6) is -1.37. The van der Waals surface area contributed by atoms with Crippen LogP contribution >= 0.6 is 11.6 Å². The van der Waals surface area contributed by atoms with Crippen LogP contribution in [-0.4, -0.2) is 27.9 Å². The van der Waals surface area contributed by atoms with E-state index in [-0.39, 0.29) is 22.8 Å². The number of rotatable bonds is 5. The number of amides is 3. The maximum Gasteiger partial charge on any atom is 0.337 e. The van der Waals surface area contributed by atoms with Crippen LogP contribution in [0.1, 0.15) is 21.7 Å². The largest absolute Gasteiger partial charge is 0.478 e. The topological polar surface area (TPSA) is 99.9 Å². The molecule has 0 saturated carbocycles. The number of aromatic carboxylic acids is 1. The first-order valence-corrected chi connectivity index (χ1v) is 9.41. The van der Waals surface area contributed by atoms with Gasteiger partial charge in [-0.05, 0) is 42.0 Å². The molecule has 31 heavy (non-hydrogen) atoms. The maximum atomic E-state index is 13.0. The minimum atomic E-state index is -1.14. The molecule has 0 spiro atoms. The number of halogens is 2. The predicted octanol–water partition coefficient (Wildman–Crippen LogP) is 4.53. The fourth-order valence-electron chi connectivity index (χ4n) is 3.06. The van der Waals surface area contributed by atoms with Gasteiger partial charge in [-0.15, -0.1) is 0 Å². The van der Waals surface area contributed by atoms with Crippen LogP contribution in [0.5, 0.6) is 0 Å². The lowest BCUT2D eigenvalue weighted by atomic mass is 10.1. The molecule has 2 N–H and O–H groups in total. The maximum absolute atomic E-state index is 13.0. The fourth-order valence-corrected chi connectivity index (χ4v) is 3.32. The molecule has 1 aliphatic heterocycles. The van der Waals surface area contributed by atoms with Crippen LogP contribution < -0.4 is 5.32 Å². The Labute approximate surface area is 180 Å². The third kappa shape index (κ3) is 4.19. The van der Waals surface area contributed by atoms with E-state index >= 15 is 0 Å². The number of urea groups is 1. The number of nitrogens with one attached hydrogen (secondary N) is 1. The first-order valence-electron chi connectivity index (χ1n) is 9.04. The van der Waals surface area contributed by atoms with Crippen LogP contribution in [-0.2, 0) is 11.3 Å². The van der Waals surface area contributed by atoms with Crippen LogP contribution in [0.3, 0.4) is 0 Å². The molecule has 3 amide bonds. The molecule has 1 aromatic heterocycles. The SMILES string of the molecule is O=C(O)c1ccc(-c2ccc(/C=C3\NC(=O)N(Cc4ccc(F)cc4)C3=O)o2)cc1Cl. The number of imide groups is 1. The van der Waals surface area contributed by atoms with E-state index in [4.69, 9.17) is 21.1 Å². The van der Waals surface area contributed by atoms with Crippen LogP contribution in [0.4, 0.5) is 9.18 Å². The Morgan fingerprint density at radius 3 is 2.55 bits per heavy atom. The number of nitrogens with zero attached hydrogens (tertiary/aromatic N) is 1. The van der Waals surface area contributed by atoms with Gasteiger partial charge in [0, 0.05) is 11.6 Å². The summed E-state index contributed by atoms with van der Waals surface area (Å²) in [5.41, 5.74) is 1.17. The molecule has 1 aliphatic rings. The summed E-state index contributed by atoms with van der Waals surface area (Å²) in [7, 11) is 0. The molecule has 0 aliphatic carbocycles. The molecule has 3 aromatic rings. The molecule has 0 unspecified atom stereocenters. The van der Waals surface area contributed by atoms with Crippen molar-refractivity contribution < 1.29 is 28.3 Å². The van der Waals surface area contributed by atoms with Gasteiger partial charge in [0.25, 0.3) is 5.91 Å². The molecule has 9 heteroatoms. The van der Waals surface area contributed by atoms with Gasteiger partial charge in [0.1, 0.15) is 23.0 Å². The standard InChI is InChI=1S/C22H14ClFN2O5/c23-17-9-13(3-7-16(17)21(28)29)19-8-6-15(31-19)10-18-20(27)26(22(30)25-18)11-12-1-4-14(24)5-2-12/h1-10H,11H2,(H,25,30)(H,28,29)/b18-10-. The molecule has 7 nitrogen and oxygen atoms in total. The lowest BCUT2D eigenvalue weighted by Gasteiger charge is -2.11. The van der Waals surface area contributed by atoms with Crippen molar-refractivity contribution in [1.82, 2.24) is 10.2 Å². The third-order valence-corrected chi connectivity index (χ3v) is 4.93. The summed E-state index contributed by atoms with van der Waals surface area (Å²) in [4.78, 5) is 36.9. The average molecular weight is 441 g/mol. The molecule has 4 rings (SSSR count). The summed E-state index contributed by atoms with van der Waals surface area (Å²) in [5, 5.41) is 11.6. The van der Waals surface area contributed by atoms with Gasteiger partial charge >= 0.3 is 12.0 Å². The molecule has 2 aromatic carbocycles. The zero-order valence-corrected chi connectivity index (χ0v) is 16.5. The molecule has 1 fully saturated rings. The highest BCUT2D eigenvalue weighted by molar-refractivity contribution is 6.33. The second-order valence-electron chi connectivity index (χ2n) is 6.71. The second-order valence-corrected chi connectivity index (χ2v) is 7.11. The van der Waals surface area contributed by atoms with Gasteiger partial charge in [0.15, 0.2) is 0 Å². The van der Waals surface area contributed by atoms with Gasteiger partial charge in [-0.25, -0.2) is 14.0 Å². The van der Waals surface area contributed by atoms with E-state index in [2.05, 4.69) is 5.32 Å².